The zero-order valence-corrected chi connectivity index (χ0v) is 13.9. The van der Waals surface area contributed by atoms with E-state index in [1.807, 2.05) is 20.2 Å². The molecule has 1 aromatic carbocycles. The van der Waals surface area contributed by atoms with Gasteiger partial charge in [-0.05, 0) is 37.1 Å². The zero-order valence-electron chi connectivity index (χ0n) is 13.9. The van der Waals surface area contributed by atoms with E-state index in [0.29, 0.717) is 12.2 Å². The molecule has 2 aromatic rings. The van der Waals surface area contributed by atoms with E-state index >= 15 is 0 Å². The SMILES string of the molecule is CN(Cc1ccccc1CN1CCCC1)C(=O)c1cncn1C. The van der Waals surface area contributed by atoms with Crippen LogP contribution in [0.5, 0.6) is 0 Å². The van der Waals surface area contributed by atoms with Gasteiger partial charge in [0, 0.05) is 27.2 Å². The topological polar surface area (TPSA) is 41.4 Å². The van der Waals surface area contributed by atoms with Crippen LogP contribution in [0.15, 0.2) is 36.8 Å². The predicted octanol–water partition coefficient (Wildman–Crippen LogP) is 2.29. The van der Waals surface area contributed by atoms with Gasteiger partial charge in [-0.1, -0.05) is 24.3 Å². The number of aryl methyl sites for hydroxylation is 1. The number of imidazole rings is 1. The van der Waals surface area contributed by atoms with Crippen molar-refractivity contribution in [1.82, 2.24) is 19.4 Å². The van der Waals surface area contributed by atoms with E-state index in [1.165, 1.54) is 37.1 Å². The quantitative estimate of drug-likeness (QED) is 0.850. The number of hydrogen-bond acceptors (Lipinski definition) is 3. The molecule has 0 radical (unpaired) electrons. The summed E-state index contributed by atoms with van der Waals surface area (Å²) in [6.07, 6.45) is 5.86. The molecule has 1 aliphatic heterocycles. The average Bonchev–Trinajstić information content (AvgIpc) is 3.20. The third-order valence-electron chi connectivity index (χ3n) is 4.50. The Kier molecular flexibility index (Phi) is 4.76. The number of rotatable bonds is 5. The number of nitrogens with zero attached hydrogens (tertiary/aromatic N) is 4. The molecule has 3 rings (SSSR count). The number of benzene rings is 1. The van der Waals surface area contributed by atoms with Crippen molar-refractivity contribution in [1.29, 1.82) is 0 Å². The minimum absolute atomic E-state index is 0.000903. The van der Waals surface area contributed by atoms with Crippen molar-refractivity contribution in [2.24, 2.45) is 7.05 Å². The van der Waals surface area contributed by atoms with Crippen LogP contribution in [0.25, 0.3) is 0 Å². The Balaban J connectivity index is 1.71. The maximum atomic E-state index is 12.5. The normalized spacial score (nSPS) is 15.0. The van der Waals surface area contributed by atoms with E-state index < -0.39 is 0 Å². The third kappa shape index (κ3) is 3.62. The molecule has 5 nitrogen and oxygen atoms in total. The van der Waals surface area contributed by atoms with Gasteiger partial charge in [0.25, 0.3) is 5.91 Å². The Morgan fingerprint density at radius 3 is 2.57 bits per heavy atom. The van der Waals surface area contributed by atoms with Crippen LogP contribution in [-0.4, -0.2) is 45.4 Å². The molecule has 23 heavy (non-hydrogen) atoms. The molecule has 0 spiro atoms. The van der Waals surface area contributed by atoms with Gasteiger partial charge in [-0.15, -0.1) is 0 Å². The minimum atomic E-state index is 0.000903. The smallest absolute Gasteiger partial charge is 0.272 e. The second-order valence-corrected chi connectivity index (χ2v) is 6.30. The summed E-state index contributed by atoms with van der Waals surface area (Å²) in [5.41, 5.74) is 3.15. The number of aromatic nitrogens is 2. The van der Waals surface area contributed by atoms with E-state index in [-0.39, 0.29) is 5.91 Å². The van der Waals surface area contributed by atoms with E-state index in [9.17, 15) is 4.79 Å². The van der Waals surface area contributed by atoms with Gasteiger partial charge in [0.15, 0.2) is 0 Å². The molecule has 1 aromatic heterocycles. The summed E-state index contributed by atoms with van der Waals surface area (Å²) >= 11 is 0. The lowest BCUT2D eigenvalue weighted by atomic mass is 10.1. The fraction of sp³-hybridized carbons (Fsp3) is 0.444. The summed E-state index contributed by atoms with van der Waals surface area (Å²) in [6, 6.07) is 8.43. The Labute approximate surface area is 137 Å². The van der Waals surface area contributed by atoms with Gasteiger partial charge in [0.05, 0.1) is 12.5 Å². The first-order valence-electron chi connectivity index (χ1n) is 8.16. The molecule has 0 atom stereocenters. The maximum Gasteiger partial charge on any atom is 0.272 e. The van der Waals surface area contributed by atoms with Crippen LogP contribution in [0.4, 0.5) is 0 Å². The highest BCUT2D eigenvalue weighted by Crippen LogP contribution is 2.18. The maximum absolute atomic E-state index is 12.5. The second-order valence-electron chi connectivity index (χ2n) is 6.30. The van der Waals surface area contributed by atoms with E-state index in [1.54, 1.807) is 22.0 Å². The zero-order chi connectivity index (χ0) is 16.2. The van der Waals surface area contributed by atoms with Gasteiger partial charge in [0.1, 0.15) is 5.69 Å². The van der Waals surface area contributed by atoms with Crippen molar-refractivity contribution in [3.8, 4) is 0 Å². The molecule has 5 heteroatoms. The highest BCUT2D eigenvalue weighted by atomic mass is 16.2. The molecular formula is C18H24N4O. The van der Waals surface area contributed by atoms with Crippen LogP contribution < -0.4 is 0 Å². The van der Waals surface area contributed by atoms with Crippen molar-refractivity contribution < 1.29 is 4.79 Å². The monoisotopic (exact) mass is 312 g/mol. The number of carbonyl (C=O) groups excluding carboxylic acids is 1. The molecule has 2 heterocycles. The molecule has 0 aliphatic carbocycles. The Hall–Kier alpha value is -2.14. The van der Waals surface area contributed by atoms with Gasteiger partial charge < -0.3 is 9.47 Å². The van der Waals surface area contributed by atoms with Gasteiger partial charge >= 0.3 is 0 Å². The van der Waals surface area contributed by atoms with Gasteiger partial charge in [-0.25, -0.2) is 4.98 Å². The van der Waals surface area contributed by atoms with Gasteiger partial charge in [-0.3, -0.25) is 9.69 Å². The number of likely N-dealkylation sites (tertiary alicyclic amines) is 1. The van der Waals surface area contributed by atoms with Crippen LogP contribution >= 0.6 is 0 Å². The first kappa shape index (κ1) is 15.7. The van der Waals surface area contributed by atoms with E-state index in [4.69, 9.17) is 0 Å². The highest BCUT2D eigenvalue weighted by molar-refractivity contribution is 5.92. The van der Waals surface area contributed by atoms with E-state index in [2.05, 4.69) is 28.1 Å². The van der Waals surface area contributed by atoms with Gasteiger partial charge in [-0.2, -0.15) is 0 Å². The summed E-state index contributed by atoms with van der Waals surface area (Å²) < 4.78 is 1.76. The van der Waals surface area contributed by atoms with Crippen molar-refractivity contribution in [3.05, 3.63) is 53.6 Å². The van der Waals surface area contributed by atoms with Crippen LogP contribution in [0.2, 0.25) is 0 Å². The van der Waals surface area contributed by atoms with Crippen molar-refractivity contribution in [3.63, 3.8) is 0 Å². The van der Waals surface area contributed by atoms with Gasteiger partial charge in [0.2, 0.25) is 0 Å². The lowest BCUT2D eigenvalue weighted by molar-refractivity contribution is 0.0775. The Bertz CT molecular complexity index is 673. The molecule has 1 aliphatic rings. The Morgan fingerprint density at radius 2 is 1.91 bits per heavy atom. The lowest BCUT2D eigenvalue weighted by Crippen LogP contribution is -2.28. The molecule has 1 amide bonds. The molecular weight excluding hydrogens is 288 g/mol. The number of hydrogen-bond donors (Lipinski definition) is 0. The fourth-order valence-corrected chi connectivity index (χ4v) is 3.13. The van der Waals surface area contributed by atoms with E-state index in [0.717, 1.165) is 6.54 Å². The summed E-state index contributed by atoms with van der Waals surface area (Å²) in [5, 5.41) is 0. The molecule has 1 saturated heterocycles. The molecule has 1 fully saturated rings. The summed E-state index contributed by atoms with van der Waals surface area (Å²) in [4.78, 5) is 20.8. The minimum Gasteiger partial charge on any atom is -0.336 e. The molecule has 0 N–H and O–H groups in total. The van der Waals surface area contributed by atoms with Crippen molar-refractivity contribution >= 4 is 5.91 Å². The first-order chi connectivity index (χ1) is 11.1. The van der Waals surface area contributed by atoms with Crippen molar-refractivity contribution in [2.45, 2.75) is 25.9 Å². The highest BCUT2D eigenvalue weighted by Gasteiger charge is 2.18. The summed E-state index contributed by atoms with van der Waals surface area (Å²) in [6.45, 7) is 3.95. The standard InChI is InChI=1S/C18H24N4O/c1-20(18(23)17-11-19-14-21(17)2)12-15-7-3-4-8-16(15)13-22-9-5-6-10-22/h3-4,7-8,11,14H,5-6,9-10,12-13H2,1-2H3. The number of carbonyl (C=O) groups is 1. The van der Waals surface area contributed by atoms with Crippen LogP contribution in [0.3, 0.4) is 0 Å². The van der Waals surface area contributed by atoms with Crippen LogP contribution in [-0.2, 0) is 20.1 Å². The summed E-state index contributed by atoms with van der Waals surface area (Å²) in [7, 11) is 3.69. The molecule has 0 unspecified atom stereocenters. The predicted molar refractivity (Wildman–Crippen MR) is 90.0 cm³/mol. The number of amides is 1. The van der Waals surface area contributed by atoms with Crippen LogP contribution in [0, 0.1) is 0 Å². The molecule has 122 valence electrons. The van der Waals surface area contributed by atoms with Crippen LogP contribution in [0.1, 0.15) is 34.5 Å². The fourth-order valence-electron chi connectivity index (χ4n) is 3.13. The Morgan fingerprint density at radius 1 is 1.22 bits per heavy atom. The third-order valence-corrected chi connectivity index (χ3v) is 4.50. The lowest BCUT2D eigenvalue weighted by Gasteiger charge is -2.21. The first-order valence-corrected chi connectivity index (χ1v) is 8.16. The average molecular weight is 312 g/mol. The molecule has 0 saturated carbocycles. The second kappa shape index (κ2) is 6.96. The summed E-state index contributed by atoms with van der Waals surface area (Å²) in [5.74, 6) is 0.000903. The largest absolute Gasteiger partial charge is 0.336 e. The molecule has 0 bridgehead atoms. The van der Waals surface area contributed by atoms with Crippen molar-refractivity contribution in [2.75, 3.05) is 20.1 Å².